The highest BCUT2D eigenvalue weighted by Crippen LogP contribution is 2.21. The van der Waals surface area contributed by atoms with Crippen molar-refractivity contribution in [1.29, 1.82) is 0 Å². The summed E-state index contributed by atoms with van der Waals surface area (Å²) in [5.74, 6) is -1.23. The number of carboxylic acid groups (broad SMARTS) is 1. The SMILES string of the molecule is CC(Nc1ccc(C(=O)O)o1)c1cccc(F)c1. The van der Waals surface area contributed by atoms with Gasteiger partial charge in [0.1, 0.15) is 5.82 Å². The predicted octanol–water partition coefficient (Wildman–Crippen LogP) is 3.29. The standard InChI is InChI=1S/C13H12FNO3/c1-8(9-3-2-4-10(14)7-9)15-12-6-5-11(18-12)13(16)17/h2-8,15H,1H3,(H,16,17). The first-order chi connectivity index (χ1) is 8.56. The van der Waals surface area contributed by atoms with Crippen LogP contribution < -0.4 is 5.32 Å². The zero-order chi connectivity index (χ0) is 13.1. The Labute approximate surface area is 103 Å². The molecule has 0 aliphatic rings. The smallest absolute Gasteiger partial charge is 0.371 e. The molecule has 94 valence electrons. The van der Waals surface area contributed by atoms with Gasteiger partial charge >= 0.3 is 5.97 Å². The number of carboxylic acids is 1. The van der Waals surface area contributed by atoms with Crippen LogP contribution in [-0.2, 0) is 0 Å². The number of anilines is 1. The predicted molar refractivity (Wildman–Crippen MR) is 64.1 cm³/mol. The fraction of sp³-hybridized carbons (Fsp3) is 0.154. The second-order valence-electron chi connectivity index (χ2n) is 3.89. The Morgan fingerprint density at radius 1 is 1.39 bits per heavy atom. The summed E-state index contributed by atoms with van der Waals surface area (Å²) in [5.41, 5.74) is 0.753. The second-order valence-corrected chi connectivity index (χ2v) is 3.89. The van der Waals surface area contributed by atoms with Crippen molar-refractivity contribution in [2.24, 2.45) is 0 Å². The van der Waals surface area contributed by atoms with Crippen molar-refractivity contribution in [1.82, 2.24) is 0 Å². The first-order valence-electron chi connectivity index (χ1n) is 5.41. The lowest BCUT2D eigenvalue weighted by Gasteiger charge is -2.13. The molecule has 0 aliphatic carbocycles. The van der Waals surface area contributed by atoms with Gasteiger partial charge in [0, 0.05) is 6.07 Å². The average molecular weight is 249 g/mol. The number of hydrogen-bond donors (Lipinski definition) is 2. The lowest BCUT2D eigenvalue weighted by molar-refractivity contribution is 0.0663. The van der Waals surface area contributed by atoms with Crippen molar-refractivity contribution < 1.29 is 18.7 Å². The van der Waals surface area contributed by atoms with Crippen LogP contribution in [0.3, 0.4) is 0 Å². The van der Waals surface area contributed by atoms with Crippen LogP contribution in [0.2, 0.25) is 0 Å². The fourth-order valence-corrected chi connectivity index (χ4v) is 1.60. The number of benzene rings is 1. The van der Waals surface area contributed by atoms with Crippen molar-refractivity contribution in [2.45, 2.75) is 13.0 Å². The van der Waals surface area contributed by atoms with Gasteiger partial charge in [-0.25, -0.2) is 9.18 Å². The maximum atomic E-state index is 13.0. The largest absolute Gasteiger partial charge is 0.475 e. The highest BCUT2D eigenvalue weighted by molar-refractivity contribution is 5.84. The molecule has 1 aromatic heterocycles. The first kappa shape index (κ1) is 12.2. The van der Waals surface area contributed by atoms with E-state index in [1.807, 2.05) is 6.92 Å². The van der Waals surface area contributed by atoms with Crippen LogP contribution in [0.25, 0.3) is 0 Å². The molecule has 0 amide bonds. The number of hydrogen-bond acceptors (Lipinski definition) is 3. The van der Waals surface area contributed by atoms with E-state index in [4.69, 9.17) is 9.52 Å². The number of carbonyl (C=O) groups is 1. The zero-order valence-corrected chi connectivity index (χ0v) is 9.68. The minimum absolute atomic E-state index is 0.135. The van der Waals surface area contributed by atoms with Crippen LogP contribution in [-0.4, -0.2) is 11.1 Å². The van der Waals surface area contributed by atoms with Gasteiger partial charge < -0.3 is 14.8 Å². The Balaban J connectivity index is 2.11. The molecule has 0 aliphatic heterocycles. The molecule has 2 N–H and O–H groups in total. The molecule has 0 saturated carbocycles. The maximum absolute atomic E-state index is 13.0. The highest BCUT2D eigenvalue weighted by atomic mass is 19.1. The monoisotopic (exact) mass is 249 g/mol. The molecule has 1 atom stereocenters. The van der Waals surface area contributed by atoms with Crippen LogP contribution in [0.15, 0.2) is 40.8 Å². The van der Waals surface area contributed by atoms with Crippen molar-refractivity contribution in [2.75, 3.05) is 5.32 Å². The molecule has 1 aromatic carbocycles. The lowest BCUT2D eigenvalue weighted by Crippen LogP contribution is -2.06. The zero-order valence-electron chi connectivity index (χ0n) is 9.68. The Morgan fingerprint density at radius 3 is 2.78 bits per heavy atom. The molecular formula is C13H12FNO3. The number of furan rings is 1. The normalized spacial score (nSPS) is 12.1. The second kappa shape index (κ2) is 4.91. The van der Waals surface area contributed by atoms with Crippen LogP contribution in [0.4, 0.5) is 10.3 Å². The summed E-state index contributed by atoms with van der Waals surface area (Å²) in [6.45, 7) is 1.83. The van der Waals surface area contributed by atoms with E-state index in [1.165, 1.54) is 24.3 Å². The summed E-state index contributed by atoms with van der Waals surface area (Å²) in [6, 6.07) is 8.88. The molecule has 0 fully saturated rings. The van der Waals surface area contributed by atoms with Crippen LogP contribution in [0.5, 0.6) is 0 Å². The van der Waals surface area contributed by atoms with Gasteiger partial charge in [-0.2, -0.15) is 0 Å². The molecule has 18 heavy (non-hydrogen) atoms. The van der Waals surface area contributed by atoms with E-state index in [2.05, 4.69) is 5.32 Å². The van der Waals surface area contributed by atoms with Crippen LogP contribution in [0.1, 0.15) is 29.1 Å². The Morgan fingerprint density at radius 2 is 2.17 bits per heavy atom. The lowest BCUT2D eigenvalue weighted by atomic mass is 10.1. The van der Waals surface area contributed by atoms with E-state index in [9.17, 15) is 9.18 Å². The molecular weight excluding hydrogens is 237 g/mol. The average Bonchev–Trinajstić information content (AvgIpc) is 2.77. The third-order valence-electron chi connectivity index (χ3n) is 2.52. The van der Waals surface area contributed by atoms with E-state index < -0.39 is 5.97 Å². The summed E-state index contributed by atoms with van der Waals surface area (Å²) in [6.07, 6.45) is 0. The van der Waals surface area contributed by atoms with Gasteiger partial charge in [0.15, 0.2) is 5.88 Å². The van der Waals surface area contributed by atoms with E-state index in [0.29, 0.717) is 5.88 Å². The molecule has 1 heterocycles. The van der Waals surface area contributed by atoms with Crippen molar-refractivity contribution in [3.05, 3.63) is 53.5 Å². The molecule has 1 unspecified atom stereocenters. The highest BCUT2D eigenvalue weighted by Gasteiger charge is 2.11. The van der Waals surface area contributed by atoms with Crippen LogP contribution >= 0.6 is 0 Å². The Kier molecular flexibility index (Phi) is 3.32. The van der Waals surface area contributed by atoms with Crippen molar-refractivity contribution in [3.63, 3.8) is 0 Å². The molecule has 0 spiro atoms. The molecule has 2 aromatic rings. The molecule has 0 saturated heterocycles. The Bertz CT molecular complexity index is 565. The van der Waals surface area contributed by atoms with Gasteiger partial charge in [-0.15, -0.1) is 0 Å². The summed E-state index contributed by atoms with van der Waals surface area (Å²) in [4.78, 5) is 10.6. The molecule has 0 bridgehead atoms. The number of aromatic carboxylic acids is 1. The van der Waals surface area contributed by atoms with Gasteiger partial charge in [0.05, 0.1) is 6.04 Å². The summed E-state index contributed by atoms with van der Waals surface area (Å²) < 4.78 is 18.1. The minimum atomic E-state index is -1.12. The molecule has 4 nitrogen and oxygen atoms in total. The third kappa shape index (κ3) is 2.68. The summed E-state index contributed by atoms with van der Waals surface area (Å²) >= 11 is 0. The van der Waals surface area contributed by atoms with Crippen molar-refractivity contribution in [3.8, 4) is 0 Å². The minimum Gasteiger partial charge on any atom is -0.475 e. The first-order valence-corrected chi connectivity index (χ1v) is 5.41. The maximum Gasteiger partial charge on any atom is 0.371 e. The van der Waals surface area contributed by atoms with Gasteiger partial charge in [0.2, 0.25) is 5.76 Å². The quantitative estimate of drug-likeness (QED) is 0.872. The van der Waals surface area contributed by atoms with E-state index in [0.717, 1.165) is 5.56 Å². The van der Waals surface area contributed by atoms with E-state index in [-0.39, 0.29) is 17.6 Å². The van der Waals surface area contributed by atoms with Crippen LogP contribution in [0, 0.1) is 5.82 Å². The number of nitrogens with one attached hydrogen (secondary N) is 1. The van der Waals surface area contributed by atoms with Crippen molar-refractivity contribution >= 4 is 11.9 Å². The third-order valence-corrected chi connectivity index (χ3v) is 2.52. The summed E-state index contributed by atoms with van der Waals surface area (Å²) in [5, 5.41) is 11.7. The molecule has 0 radical (unpaired) electrons. The molecule has 5 heteroatoms. The molecule has 2 rings (SSSR count). The topological polar surface area (TPSA) is 62.5 Å². The van der Waals surface area contributed by atoms with E-state index >= 15 is 0 Å². The van der Waals surface area contributed by atoms with E-state index in [1.54, 1.807) is 12.1 Å². The number of halogens is 1. The fourth-order valence-electron chi connectivity index (χ4n) is 1.60. The van der Waals surface area contributed by atoms with Gasteiger partial charge in [-0.05, 0) is 30.7 Å². The van der Waals surface area contributed by atoms with Gasteiger partial charge in [-0.1, -0.05) is 12.1 Å². The Hall–Kier alpha value is -2.30. The number of rotatable bonds is 4. The van der Waals surface area contributed by atoms with Gasteiger partial charge in [-0.3, -0.25) is 0 Å². The summed E-state index contributed by atoms with van der Waals surface area (Å²) in [7, 11) is 0. The van der Waals surface area contributed by atoms with Gasteiger partial charge in [0.25, 0.3) is 0 Å².